The normalized spacial score (nSPS) is 11.5. The molecule has 0 radical (unpaired) electrons. The number of pyridine rings is 1. The van der Waals surface area contributed by atoms with Crippen LogP contribution in [0, 0.1) is 27.7 Å². The zero-order chi connectivity index (χ0) is 23.4. The molecule has 8 heteroatoms. The van der Waals surface area contributed by atoms with Crippen LogP contribution >= 0.6 is 11.3 Å². The maximum atomic E-state index is 13.7. The molecule has 33 heavy (non-hydrogen) atoms. The molecule has 0 saturated carbocycles. The Hall–Kier alpha value is -3.78. The first-order valence-electron chi connectivity index (χ1n) is 10.6. The van der Waals surface area contributed by atoms with E-state index in [2.05, 4.69) is 4.98 Å². The number of fused-ring (bicyclic) bond motifs is 2. The predicted octanol–water partition coefficient (Wildman–Crippen LogP) is 3.50. The number of aromatic nitrogens is 4. The Morgan fingerprint density at radius 2 is 1.70 bits per heavy atom. The minimum absolute atomic E-state index is 0.0838. The number of rotatable bonds is 3. The fraction of sp³-hybridized carbons (Fsp3) is 0.200. The lowest BCUT2D eigenvalue weighted by Crippen LogP contribution is -2.39. The van der Waals surface area contributed by atoms with Crippen LogP contribution in [0.15, 0.2) is 62.9 Å². The molecule has 0 aliphatic carbocycles. The van der Waals surface area contributed by atoms with Crippen LogP contribution in [0.4, 0.5) is 0 Å². The van der Waals surface area contributed by atoms with Gasteiger partial charge in [0.2, 0.25) is 0 Å². The molecule has 0 spiro atoms. The Kier molecular flexibility index (Phi) is 4.90. The van der Waals surface area contributed by atoms with Crippen LogP contribution in [-0.4, -0.2) is 18.5 Å². The molecule has 166 valence electrons. The van der Waals surface area contributed by atoms with Crippen molar-refractivity contribution in [3.05, 3.63) is 107 Å². The van der Waals surface area contributed by atoms with E-state index >= 15 is 0 Å². The highest BCUT2D eigenvalue weighted by molar-refractivity contribution is 7.18. The molecule has 5 aromatic rings. The molecule has 0 bridgehead atoms. The van der Waals surface area contributed by atoms with Gasteiger partial charge < -0.3 is 0 Å². The minimum Gasteiger partial charge on any atom is -0.278 e. The summed E-state index contributed by atoms with van der Waals surface area (Å²) in [5.74, 6) is 0. The number of thiophene rings is 1. The molecular weight excluding hydrogens is 436 g/mol. The van der Waals surface area contributed by atoms with Gasteiger partial charge in [0.05, 0.1) is 23.3 Å². The van der Waals surface area contributed by atoms with Gasteiger partial charge in [-0.2, -0.15) is 0 Å². The number of aryl methyl sites for hydroxylation is 4. The zero-order valence-corrected chi connectivity index (χ0v) is 19.6. The van der Waals surface area contributed by atoms with Crippen LogP contribution in [0.3, 0.4) is 0 Å². The summed E-state index contributed by atoms with van der Waals surface area (Å²) in [6.45, 7) is 7.68. The second-order valence-electron chi connectivity index (χ2n) is 8.26. The van der Waals surface area contributed by atoms with Gasteiger partial charge in [-0.1, -0.05) is 18.2 Å². The molecule has 4 aromatic heterocycles. The van der Waals surface area contributed by atoms with Gasteiger partial charge in [0.15, 0.2) is 0 Å². The van der Waals surface area contributed by atoms with E-state index in [0.29, 0.717) is 27.2 Å². The molecule has 0 unspecified atom stereocenters. The van der Waals surface area contributed by atoms with E-state index in [0.717, 1.165) is 21.7 Å². The van der Waals surface area contributed by atoms with Crippen LogP contribution in [0.5, 0.6) is 0 Å². The molecule has 0 saturated heterocycles. The second kappa shape index (κ2) is 7.67. The molecule has 0 aliphatic heterocycles. The smallest absolute Gasteiger partial charge is 0.278 e. The van der Waals surface area contributed by atoms with Crippen LogP contribution in [0.2, 0.25) is 0 Å². The van der Waals surface area contributed by atoms with Gasteiger partial charge in [-0.3, -0.25) is 18.6 Å². The van der Waals surface area contributed by atoms with Crippen molar-refractivity contribution in [1.29, 1.82) is 0 Å². The quantitative estimate of drug-likeness (QED) is 0.415. The number of hydrogen-bond donors (Lipinski definition) is 0. The summed E-state index contributed by atoms with van der Waals surface area (Å²) in [7, 11) is 0. The van der Waals surface area contributed by atoms with Gasteiger partial charge in [0.1, 0.15) is 10.5 Å². The molecule has 4 heterocycles. The van der Waals surface area contributed by atoms with Crippen molar-refractivity contribution in [1.82, 2.24) is 18.5 Å². The summed E-state index contributed by atoms with van der Waals surface area (Å²) in [5, 5.41) is 0.520. The first-order chi connectivity index (χ1) is 15.8. The van der Waals surface area contributed by atoms with Crippen molar-refractivity contribution in [3.63, 3.8) is 0 Å². The number of hydrogen-bond acceptors (Lipinski definition) is 5. The Morgan fingerprint density at radius 3 is 2.45 bits per heavy atom. The lowest BCUT2D eigenvalue weighted by atomic mass is 10.2. The van der Waals surface area contributed by atoms with E-state index in [1.165, 1.54) is 26.4 Å². The molecule has 0 fully saturated rings. The standard InChI is InChI=1S/C25H22N4O3S/c1-14-7-5-9-19(11-14)29-23(31)22-16(3)17(4)33-24(22)27(25(29)32)13-18-12-21(30)28-15(2)8-6-10-20(28)26-18/h5-12H,13H2,1-4H3. The molecular formula is C25H22N4O3S. The number of benzene rings is 1. The average molecular weight is 459 g/mol. The highest BCUT2D eigenvalue weighted by Crippen LogP contribution is 2.27. The van der Waals surface area contributed by atoms with Gasteiger partial charge in [0.25, 0.3) is 11.1 Å². The zero-order valence-electron chi connectivity index (χ0n) is 18.7. The summed E-state index contributed by atoms with van der Waals surface area (Å²) in [6, 6.07) is 14.2. The van der Waals surface area contributed by atoms with Gasteiger partial charge >= 0.3 is 5.69 Å². The maximum Gasteiger partial charge on any atom is 0.337 e. The fourth-order valence-electron chi connectivity index (χ4n) is 4.20. The van der Waals surface area contributed by atoms with Crippen molar-refractivity contribution >= 4 is 27.2 Å². The average Bonchev–Trinajstić information content (AvgIpc) is 3.06. The summed E-state index contributed by atoms with van der Waals surface area (Å²) in [6.07, 6.45) is 0. The molecule has 7 nitrogen and oxygen atoms in total. The van der Waals surface area contributed by atoms with Crippen LogP contribution in [-0.2, 0) is 6.54 Å². The lowest BCUT2D eigenvalue weighted by Gasteiger charge is -2.13. The van der Waals surface area contributed by atoms with E-state index in [9.17, 15) is 14.4 Å². The Labute approximate surface area is 192 Å². The minimum atomic E-state index is -0.453. The van der Waals surface area contributed by atoms with Crippen molar-refractivity contribution in [2.45, 2.75) is 34.2 Å². The molecule has 0 N–H and O–H groups in total. The van der Waals surface area contributed by atoms with E-state index in [1.807, 2.05) is 58.0 Å². The first-order valence-corrected chi connectivity index (χ1v) is 11.4. The summed E-state index contributed by atoms with van der Waals surface area (Å²) >= 11 is 1.41. The molecule has 5 rings (SSSR count). The van der Waals surface area contributed by atoms with E-state index in [-0.39, 0.29) is 17.7 Å². The predicted molar refractivity (Wildman–Crippen MR) is 131 cm³/mol. The van der Waals surface area contributed by atoms with E-state index in [1.54, 1.807) is 16.7 Å². The molecule has 0 atom stereocenters. The number of nitrogens with zero attached hydrogens (tertiary/aromatic N) is 4. The van der Waals surface area contributed by atoms with Crippen molar-refractivity contribution in [2.75, 3.05) is 0 Å². The lowest BCUT2D eigenvalue weighted by molar-refractivity contribution is 0.703. The third-order valence-corrected chi connectivity index (χ3v) is 7.19. The van der Waals surface area contributed by atoms with E-state index < -0.39 is 5.69 Å². The Morgan fingerprint density at radius 1 is 0.939 bits per heavy atom. The fourth-order valence-corrected chi connectivity index (χ4v) is 5.34. The molecule has 0 aliphatic rings. The van der Waals surface area contributed by atoms with Gasteiger partial charge in [-0.05, 0) is 63.1 Å². The Bertz CT molecular complexity index is 1750. The van der Waals surface area contributed by atoms with Crippen molar-refractivity contribution in [3.8, 4) is 5.69 Å². The summed E-state index contributed by atoms with van der Waals surface area (Å²) in [5.41, 5.74) is 3.11. The maximum absolute atomic E-state index is 13.7. The third kappa shape index (κ3) is 3.34. The summed E-state index contributed by atoms with van der Waals surface area (Å²) < 4.78 is 4.30. The second-order valence-corrected chi connectivity index (χ2v) is 9.46. The topological polar surface area (TPSA) is 78.4 Å². The third-order valence-electron chi connectivity index (χ3n) is 5.96. The van der Waals surface area contributed by atoms with Crippen LogP contribution < -0.4 is 16.8 Å². The van der Waals surface area contributed by atoms with Crippen LogP contribution in [0.1, 0.15) is 27.4 Å². The SMILES string of the molecule is Cc1cccc(-n2c(=O)c3c(C)c(C)sc3n(Cc3cc(=O)n4c(C)cccc4n3)c2=O)c1. The van der Waals surface area contributed by atoms with Gasteiger partial charge in [0, 0.05) is 16.6 Å². The molecule has 1 aromatic carbocycles. The molecule has 0 amide bonds. The largest absolute Gasteiger partial charge is 0.337 e. The highest BCUT2D eigenvalue weighted by Gasteiger charge is 2.20. The van der Waals surface area contributed by atoms with Gasteiger partial charge in [-0.15, -0.1) is 11.3 Å². The highest BCUT2D eigenvalue weighted by atomic mass is 32.1. The van der Waals surface area contributed by atoms with E-state index in [4.69, 9.17) is 0 Å². The van der Waals surface area contributed by atoms with Gasteiger partial charge in [-0.25, -0.2) is 14.3 Å². The monoisotopic (exact) mass is 458 g/mol. The van der Waals surface area contributed by atoms with Crippen molar-refractivity contribution < 1.29 is 0 Å². The van der Waals surface area contributed by atoms with Crippen molar-refractivity contribution in [2.24, 2.45) is 0 Å². The first kappa shape index (κ1) is 21.1. The summed E-state index contributed by atoms with van der Waals surface area (Å²) in [4.78, 5) is 46.1. The van der Waals surface area contributed by atoms with Crippen LogP contribution in [0.25, 0.3) is 21.6 Å². The Balaban J connectivity index is 1.81.